The summed E-state index contributed by atoms with van der Waals surface area (Å²) in [5.41, 5.74) is 7.13. The van der Waals surface area contributed by atoms with Crippen LogP contribution in [-0.2, 0) is 6.42 Å². The summed E-state index contributed by atoms with van der Waals surface area (Å²) in [6.45, 7) is 4.63. The van der Waals surface area contributed by atoms with Crippen LogP contribution in [0.25, 0.3) is 22.5 Å². The van der Waals surface area contributed by atoms with E-state index in [4.69, 9.17) is 0 Å². The summed E-state index contributed by atoms with van der Waals surface area (Å²) in [6.07, 6.45) is 2.22. The molecule has 3 heteroatoms. The Morgan fingerprint density at radius 3 is 2.43 bits per heavy atom. The summed E-state index contributed by atoms with van der Waals surface area (Å²) >= 11 is 0. The minimum absolute atomic E-state index is 0.502. The van der Waals surface area contributed by atoms with Gasteiger partial charge in [0.2, 0.25) is 0 Å². The third-order valence-electron chi connectivity index (χ3n) is 5.21. The Kier molecular flexibility index (Phi) is 3.49. The largest absolute Gasteiger partial charge is 0.197 e. The molecule has 1 heterocycles. The highest BCUT2D eigenvalue weighted by Crippen LogP contribution is 2.42. The van der Waals surface area contributed by atoms with Gasteiger partial charge < -0.3 is 0 Å². The smallest absolute Gasteiger partial charge is 0.121 e. The van der Waals surface area contributed by atoms with Crippen molar-refractivity contribution in [3.05, 3.63) is 59.7 Å². The molecule has 23 heavy (non-hydrogen) atoms. The van der Waals surface area contributed by atoms with Gasteiger partial charge in [0.25, 0.3) is 0 Å². The molecule has 4 rings (SSSR count). The fourth-order valence-corrected chi connectivity index (χ4v) is 3.71. The lowest BCUT2D eigenvalue weighted by Crippen LogP contribution is -2.15. The molecule has 2 aromatic carbocycles. The van der Waals surface area contributed by atoms with Crippen LogP contribution in [0.15, 0.2) is 48.5 Å². The molecule has 0 spiro atoms. The van der Waals surface area contributed by atoms with Crippen LogP contribution in [0, 0.1) is 5.92 Å². The van der Waals surface area contributed by atoms with Crippen LogP contribution in [0.1, 0.15) is 37.3 Å². The first-order chi connectivity index (χ1) is 11.3. The third-order valence-corrected chi connectivity index (χ3v) is 5.21. The van der Waals surface area contributed by atoms with Crippen molar-refractivity contribution in [2.75, 3.05) is 0 Å². The van der Waals surface area contributed by atoms with Crippen molar-refractivity contribution in [3.63, 3.8) is 0 Å². The maximum Gasteiger partial charge on any atom is 0.121 e. The Bertz CT molecular complexity index is 834. The second-order valence-corrected chi connectivity index (χ2v) is 6.46. The molecular formula is C20H21N3. The molecular weight excluding hydrogens is 282 g/mol. The maximum atomic E-state index is 4.48. The topological polar surface area (TPSA) is 41.6 Å². The number of nitrogens with one attached hydrogen (secondary N) is 1. The molecule has 1 aliphatic carbocycles. The van der Waals surface area contributed by atoms with E-state index >= 15 is 0 Å². The fraction of sp³-hybridized carbons (Fsp3) is 0.300. The van der Waals surface area contributed by atoms with Crippen molar-refractivity contribution in [2.24, 2.45) is 5.92 Å². The molecule has 2 unspecified atom stereocenters. The molecule has 0 aliphatic heterocycles. The second-order valence-electron chi connectivity index (χ2n) is 6.46. The molecule has 0 radical (unpaired) electrons. The molecule has 0 amide bonds. The number of hydrogen-bond donors (Lipinski definition) is 1. The van der Waals surface area contributed by atoms with Crippen LogP contribution < -0.4 is 0 Å². The summed E-state index contributed by atoms with van der Waals surface area (Å²) in [6, 6.07) is 17.3. The first kappa shape index (κ1) is 14.2. The number of aromatic nitrogens is 3. The highest BCUT2D eigenvalue weighted by molar-refractivity contribution is 5.82. The van der Waals surface area contributed by atoms with Gasteiger partial charge in [-0.25, -0.2) is 0 Å². The zero-order valence-corrected chi connectivity index (χ0v) is 13.6. The van der Waals surface area contributed by atoms with E-state index in [-0.39, 0.29) is 0 Å². The molecule has 1 aromatic heterocycles. The van der Waals surface area contributed by atoms with E-state index in [9.17, 15) is 0 Å². The van der Waals surface area contributed by atoms with Gasteiger partial charge in [-0.15, -0.1) is 0 Å². The van der Waals surface area contributed by atoms with Crippen molar-refractivity contribution in [1.82, 2.24) is 15.4 Å². The number of nitrogens with zero attached hydrogens (tertiary/aromatic N) is 2. The lowest BCUT2D eigenvalue weighted by Gasteiger charge is -2.28. The van der Waals surface area contributed by atoms with Gasteiger partial charge in [0.1, 0.15) is 11.4 Å². The Morgan fingerprint density at radius 1 is 1.00 bits per heavy atom. The fourth-order valence-electron chi connectivity index (χ4n) is 3.71. The summed E-state index contributed by atoms with van der Waals surface area (Å²) < 4.78 is 0. The molecule has 0 bridgehead atoms. The van der Waals surface area contributed by atoms with Gasteiger partial charge in [-0.05, 0) is 29.4 Å². The lowest BCUT2D eigenvalue weighted by molar-refractivity contribution is 0.443. The van der Waals surface area contributed by atoms with Crippen LogP contribution in [0.4, 0.5) is 0 Å². The number of H-pyrrole nitrogens is 1. The predicted molar refractivity (Wildman–Crippen MR) is 93.2 cm³/mol. The van der Waals surface area contributed by atoms with Gasteiger partial charge in [-0.2, -0.15) is 15.4 Å². The van der Waals surface area contributed by atoms with Crippen LogP contribution in [0.2, 0.25) is 0 Å². The monoisotopic (exact) mass is 303 g/mol. The average Bonchev–Trinajstić information content (AvgIpc) is 3.07. The summed E-state index contributed by atoms with van der Waals surface area (Å²) in [7, 11) is 0. The number of aromatic amines is 1. The van der Waals surface area contributed by atoms with Crippen LogP contribution in [0.3, 0.4) is 0 Å². The highest BCUT2D eigenvalue weighted by Gasteiger charge is 2.28. The standard InChI is InChI=1S/C20H21N3/c1-3-13(2)18-12-14-8-4-5-9-15(14)19-20(22-23-21-19)17-11-7-6-10-16(17)18/h4-11,13,18H,3,12H2,1-2H3,(H,21,22,23). The Balaban J connectivity index is 2.02. The van der Waals surface area contributed by atoms with E-state index in [1.165, 1.54) is 28.7 Å². The molecule has 0 saturated heterocycles. The van der Waals surface area contributed by atoms with Crippen molar-refractivity contribution in [3.8, 4) is 22.5 Å². The zero-order valence-electron chi connectivity index (χ0n) is 13.6. The van der Waals surface area contributed by atoms with Crippen LogP contribution >= 0.6 is 0 Å². The SMILES string of the molecule is CCC(C)C1Cc2ccccc2-c2n[nH]nc2-c2ccccc21. The van der Waals surface area contributed by atoms with E-state index in [1.54, 1.807) is 0 Å². The maximum absolute atomic E-state index is 4.48. The molecule has 1 aliphatic rings. The van der Waals surface area contributed by atoms with Gasteiger partial charge in [-0.3, -0.25) is 0 Å². The van der Waals surface area contributed by atoms with E-state index in [0.717, 1.165) is 17.8 Å². The van der Waals surface area contributed by atoms with Gasteiger partial charge >= 0.3 is 0 Å². The number of fused-ring (bicyclic) bond motifs is 5. The molecule has 1 N–H and O–H groups in total. The van der Waals surface area contributed by atoms with E-state index in [2.05, 4.69) is 77.8 Å². The Hall–Kier alpha value is -2.42. The van der Waals surface area contributed by atoms with Crippen molar-refractivity contribution < 1.29 is 0 Å². The summed E-state index contributed by atoms with van der Waals surface area (Å²) in [4.78, 5) is 0. The minimum atomic E-state index is 0.502. The molecule has 0 fully saturated rings. The summed E-state index contributed by atoms with van der Waals surface area (Å²) in [5.74, 6) is 1.12. The third kappa shape index (κ3) is 2.27. The lowest BCUT2D eigenvalue weighted by atomic mass is 9.76. The van der Waals surface area contributed by atoms with E-state index in [1.807, 2.05) is 0 Å². The first-order valence-electron chi connectivity index (χ1n) is 8.38. The quantitative estimate of drug-likeness (QED) is 0.737. The van der Waals surface area contributed by atoms with Gasteiger partial charge in [-0.1, -0.05) is 68.8 Å². The van der Waals surface area contributed by atoms with Crippen molar-refractivity contribution in [2.45, 2.75) is 32.6 Å². The summed E-state index contributed by atoms with van der Waals surface area (Å²) in [5, 5.41) is 11.8. The van der Waals surface area contributed by atoms with Gasteiger partial charge in [0.05, 0.1) is 0 Å². The first-order valence-corrected chi connectivity index (χ1v) is 8.38. The number of rotatable bonds is 2. The van der Waals surface area contributed by atoms with Gasteiger partial charge in [0, 0.05) is 11.1 Å². The zero-order chi connectivity index (χ0) is 15.8. The normalized spacial score (nSPS) is 17.4. The molecule has 2 atom stereocenters. The van der Waals surface area contributed by atoms with Crippen LogP contribution in [0.5, 0.6) is 0 Å². The Labute approximate surface area is 136 Å². The minimum Gasteiger partial charge on any atom is -0.197 e. The van der Waals surface area contributed by atoms with Gasteiger partial charge in [0.15, 0.2) is 0 Å². The predicted octanol–water partition coefficient (Wildman–Crippen LogP) is 4.82. The highest BCUT2D eigenvalue weighted by atomic mass is 15.3. The Morgan fingerprint density at radius 2 is 1.65 bits per heavy atom. The molecule has 3 nitrogen and oxygen atoms in total. The molecule has 0 saturated carbocycles. The second kappa shape index (κ2) is 5.65. The van der Waals surface area contributed by atoms with Crippen molar-refractivity contribution >= 4 is 0 Å². The molecule has 116 valence electrons. The molecule has 3 aromatic rings. The number of hydrogen-bond acceptors (Lipinski definition) is 2. The van der Waals surface area contributed by atoms with E-state index in [0.29, 0.717) is 11.8 Å². The number of benzene rings is 2. The average molecular weight is 303 g/mol. The van der Waals surface area contributed by atoms with Crippen molar-refractivity contribution in [1.29, 1.82) is 0 Å². The van der Waals surface area contributed by atoms with Crippen LogP contribution in [-0.4, -0.2) is 15.4 Å². The van der Waals surface area contributed by atoms with E-state index < -0.39 is 0 Å².